The van der Waals surface area contributed by atoms with Crippen molar-refractivity contribution >= 4 is 17.7 Å². The molecule has 0 saturated carbocycles. The van der Waals surface area contributed by atoms with Crippen molar-refractivity contribution < 1.29 is 9.18 Å². The van der Waals surface area contributed by atoms with Gasteiger partial charge in [-0.05, 0) is 43.0 Å². The Kier molecular flexibility index (Phi) is 5.14. The molecular weight excluding hydrogens is 339 g/mol. The van der Waals surface area contributed by atoms with Gasteiger partial charge < -0.3 is 5.32 Å². The Morgan fingerprint density at radius 3 is 2.72 bits per heavy atom. The van der Waals surface area contributed by atoms with E-state index in [4.69, 9.17) is 0 Å². The number of amides is 1. The maximum absolute atomic E-state index is 13.7. The number of hydrogen-bond donors (Lipinski definition) is 1. The first-order chi connectivity index (χ1) is 12.1. The molecule has 0 atom stereocenters. The lowest BCUT2D eigenvalue weighted by Gasteiger charge is -2.11. The fourth-order valence-electron chi connectivity index (χ4n) is 2.47. The van der Waals surface area contributed by atoms with Gasteiger partial charge in [-0.15, -0.1) is 10.2 Å². The highest BCUT2D eigenvalue weighted by Gasteiger charge is 2.16. The monoisotopic (exact) mass is 356 g/mol. The molecule has 0 saturated heterocycles. The molecule has 3 aromatic rings. The van der Waals surface area contributed by atoms with Crippen LogP contribution in [0.25, 0.3) is 5.69 Å². The molecule has 0 fully saturated rings. The second kappa shape index (κ2) is 7.48. The summed E-state index contributed by atoms with van der Waals surface area (Å²) in [5, 5.41) is 11.8. The summed E-state index contributed by atoms with van der Waals surface area (Å²) in [6.07, 6.45) is 1.91. The van der Waals surface area contributed by atoms with Crippen LogP contribution in [0.15, 0.2) is 53.7 Å². The summed E-state index contributed by atoms with van der Waals surface area (Å²) < 4.78 is 15.6. The van der Waals surface area contributed by atoms with E-state index in [-0.39, 0.29) is 12.1 Å². The third-order valence-electron chi connectivity index (χ3n) is 3.67. The number of nitrogens with zero attached hydrogens (tertiary/aromatic N) is 3. The lowest BCUT2D eigenvalue weighted by molar-refractivity contribution is 0.0945. The number of nitrogens with one attached hydrogen (secondary N) is 1. The van der Waals surface area contributed by atoms with Gasteiger partial charge in [-0.1, -0.05) is 36.0 Å². The van der Waals surface area contributed by atoms with Gasteiger partial charge in [0.1, 0.15) is 5.82 Å². The zero-order valence-corrected chi connectivity index (χ0v) is 14.7. The van der Waals surface area contributed by atoms with E-state index in [0.29, 0.717) is 5.82 Å². The number of aromatic nitrogens is 3. The number of benzene rings is 2. The van der Waals surface area contributed by atoms with Crippen LogP contribution in [0.3, 0.4) is 0 Å². The molecule has 1 aromatic heterocycles. The first kappa shape index (κ1) is 17.2. The zero-order valence-electron chi connectivity index (χ0n) is 13.9. The van der Waals surface area contributed by atoms with E-state index in [1.807, 2.05) is 42.0 Å². The topological polar surface area (TPSA) is 59.8 Å². The van der Waals surface area contributed by atoms with Crippen molar-refractivity contribution in [2.24, 2.45) is 0 Å². The molecule has 1 amide bonds. The van der Waals surface area contributed by atoms with Gasteiger partial charge in [-0.2, -0.15) is 0 Å². The number of carbonyl (C=O) groups is 1. The van der Waals surface area contributed by atoms with Crippen LogP contribution in [0.2, 0.25) is 0 Å². The molecule has 0 spiro atoms. The van der Waals surface area contributed by atoms with Gasteiger partial charge in [0.05, 0.1) is 12.1 Å². The third-order valence-corrected chi connectivity index (χ3v) is 4.30. The maximum Gasteiger partial charge on any atom is 0.254 e. The molecule has 128 valence electrons. The minimum absolute atomic E-state index is 0.00853. The molecule has 0 unspecified atom stereocenters. The lowest BCUT2D eigenvalue weighted by atomic mass is 10.2. The molecule has 1 N–H and O–H groups in total. The minimum atomic E-state index is -0.551. The number of carbonyl (C=O) groups excluding carboxylic acids is 1. The van der Waals surface area contributed by atoms with Crippen molar-refractivity contribution in [1.82, 2.24) is 20.1 Å². The smallest absolute Gasteiger partial charge is 0.254 e. The van der Waals surface area contributed by atoms with Crippen molar-refractivity contribution in [3.05, 3.63) is 71.3 Å². The second-order valence-corrected chi connectivity index (χ2v) is 6.21. The predicted octanol–water partition coefficient (Wildman–Crippen LogP) is 3.37. The van der Waals surface area contributed by atoms with Gasteiger partial charge in [0.15, 0.2) is 11.0 Å². The largest absolute Gasteiger partial charge is 0.345 e. The predicted molar refractivity (Wildman–Crippen MR) is 95.4 cm³/mol. The van der Waals surface area contributed by atoms with Gasteiger partial charge in [0.2, 0.25) is 0 Å². The molecule has 0 aliphatic heterocycles. The van der Waals surface area contributed by atoms with E-state index in [9.17, 15) is 9.18 Å². The maximum atomic E-state index is 13.7. The van der Waals surface area contributed by atoms with Crippen molar-refractivity contribution in [3.8, 4) is 5.69 Å². The van der Waals surface area contributed by atoms with Gasteiger partial charge in [-0.3, -0.25) is 9.36 Å². The zero-order chi connectivity index (χ0) is 17.8. The van der Waals surface area contributed by atoms with Crippen LogP contribution in [0.1, 0.15) is 21.7 Å². The molecule has 2 aromatic carbocycles. The standard InChI is InChI=1S/C18H17FN4OS/c1-12-6-5-7-13(10-12)23-16(21-22-18(23)25-2)11-20-17(24)14-8-3-4-9-15(14)19/h3-10H,11H2,1-2H3,(H,20,24). The average Bonchev–Trinajstić information content (AvgIpc) is 3.03. The van der Waals surface area contributed by atoms with Crippen LogP contribution in [0.5, 0.6) is 0 Å². The molecule has 7 heteroatoms. The molecule has 0 aliphatic carbocycles. The van der Waals surface area contributed by atoms with E-state index in [1.165, 1.54) is 23.9 Å². The minimum Gasteiger partial charge on any atom is -0.345 e. The molecular formula is C18H17FN4OS. The fraction of sp³-hybridized carbons (Fsp3) is 0.167. The Balaban J connectivity index is 1.85. The van der Waals surface area contributed by atoms with Crippen molar-refractivity contribution in [2.75, 3.05) is 6.26 Å². The van der Waals surface area contributed by atoms with Gasteiger partial charge in [-0.25, -0.2) is 4.39 Å². The normalized spacial score (nSPS) is 10.7. The summed E-state index contributed by atoms with van der Waals surface area (Å²) in [5.74, 6) is -0.452. The summed E-state index contributed by atoms with van der Waals surface area (Å²) >= 11 is 1.47. The number of rotatable bonds is 5. The van der Waals surface area contributed by atoms with Crippen molar-refractivity contribution in [1.29, 1.82) is 0 Å². The SMILES string of the molecule is CSc1nnc(CNC(=O)c2ccccc2F)n1-c1cccc(C)c1. The van der Waals surface area contributed by atoms with Crippen molar-refractivity contribution in [3.63, 3.8) is 0 Å². The van der Waals surface area contributed by atoms with Crippen molar-refractivity contribution in [2.45, 2.75) is 18.6 Å². The Hall–Kier alpha value is -2.67. The van der Waals surface area contributed by atoms with E-state index in [0.717, 1.165) is 16.4 Å². The highest BCUT2D eigenvalue weighted by molar-refractivity contribution is 7.98. The molecule has 0 aliphatic rings. The van der Waals surface area contributed by atoms with E-state index >= 15 is 0 Å². The number of halogens is 1. The summed E-state index contributed by atoms with van der Waals surface area (Å²) in [6.45, 7) is 2.15. The quantitative estimate of drug-likeness (QED) is 0.712. The fourth-order valence-corrected chi connectivity index (χ4v) is 2.99. The lowest BCUT2D eigenvalue weighted by Crippen LogP contribution is -2.25. The summed E-state index contributed by atoms with van der Waals surface area (Å²) in [6, 6.07) is 13.8. The number of aryl methyl sites for hydroxylation is 1. The average molecular weight is 356 g/mol. The van der Waals surface area contributed by atoms with E-state index in [1.54, 1.807) is 12.1 Å². The summed E-state index contributed by atoms with van der Waals surface area (Å²) in [5.41, 5.74) is 2.04. The highest BCUT2D eigenvalue weighted by atomic mass is 32.2. The van der Waals surface area contributed by atoms with Crippen LogP contribution in [0.4, 0.5) is 4.39 Å². The molecule has 3 rings (SSSR count). The van der Waals surface area contributed by atoms with Crippen LogP contribution in [-0.2, 0) is 6.54 Å². The first-order valence-electron chi connectivity index (χ1n) is 7.68. The molecule has 5 nitrogen and oxygen atoms in total. The Morgan fingerprint density at radius 1 is 1.20 bits per heavy atom. The summed E-state index contributed by atoms with van der Waals surface area (Å²) in [4.78, 5) is 12.2. The van der Waals surface area contributed by atoms with Crippen LogP contribution < -0.4 is 5.32 Å². The van der Waals surface area contributed by atoms with E-state index in [2.05, 4.69) is 15.5 Å². The van der Waals surface area contributed by atoms with Crippen LogP contribution >= 0.6 is 11.8 Å². The summed E-state index contributed by atoms with van der Waals surface area (Å²) in [7, 11) is 0. The Bertz CT molecular complexity index is 910. The van der Waals surface area contributed by atoms with Gasteiger partial charge in [0, 0.05) is 5.69 Å². The Morgan fingerprint density at radius 2 is 2.00 bits per heavy atom. The highest BCUT2D eigenvalue weighted by Crippen LogP contribution is 2.21. The van der Waals surface area contributed by atoms with Crippen LogP contribution in [-0.4, -0.2) is 26.9 Å². The van der Waals surface area contributed by atoms with Gasteiger partial charge >= 0.3 is 0 Å². The number of thioether (sulfide) groups is 1. The molecule has 1 heterocycles. The molecule has 0 bridgehead atoms. The van der Waals surface area contributed by atoms with Crippen LogP contribution in [0, 0.1) is 12.7 Å². The molecule has 25 heavy (non-hydrogen) atoms. The third kappa shape index (κ3) is 3.71. The first-order valence-corrected chi connectivity index (χ1v) is 8.90. The second-order valence-electron chi connectivity index (χ2n) is 5.44. The number of hydrogen-bond acceptors (Lipinski definition) is 4. The Labute approximate surface area is 149 Å². The van der Waals surface area contributed by atoms with Gasteiger partial charge in [0.25, 0.3) is 5.91 Å². The van der Waals surface area contributed by atoms with E-state index < -0.39 is 11.7 Å². The molecule has 0 radical (unpaired) electrons.